The molecule has 0 aliphatic heterocycles. The molecule has 60 valence electrons. The Hall–Kier alpha value is -1.84. The van der Waals surface area contributed by atoms with E-state index >= 15 is 0 Å². The van der Waals surface area contributed by atoms with Crippen molar-refractivity contribution in [2.45, 2.75) is 0 Å². The molecule has 0 heterocycles. The normalized spacial score (nSPS) is 9.00. The summed E-state index contributed by atoms with van der Waals surface area (Å²) in [6, 6.07) is 4.38. The predicted octanol–water partition coefficient (Wildman–Crippen LogP) is 2.23. The van der Waals surface area contributed by atoms with Crippen molar-refractivity contribution >= 4 is 24.4 Å². The number of hydrogen-bond donors (Lipinski definition) is 0. The molecule has 0 aromatic heterocycles. The van der Waals surface area contributed by atoms with E-state index < -0.39 is 0 Å². The van der Waals surface area contributed by atoms with Gasteiger partial charge in [0.15, 0.2) is 0 Å². The van der Waals surface area contributed by atoms with Crippen LogP contribution in [0, 0.1) is 4.91 Å². The second-order valence-electron chi connectivity index (χ2n) is 2.12. The lowest BCUT2D eigenvalue weighted by atomic mass is 10.2. The van der Waals surface area contributed by atoms with Crippen LogP contribution in [0.2, 0.25) is 0 Å². The summed E-state index contributed by atoms with van der Waals surface area (Å²) in [6.45, 7) is 3.25. The van der Waals surface area contributed by atoms with Gasteiger partial charge in [-0.2, -0.15) is 0 Å². The zero-order chi connectivity index (χ0) is 8.97. The van der Waals surface area contributed by atoms with Gasteiger partial charge in [-0.05, 0) is 30.1 Å². The van der Waals surface area contributed by atoms with Crippen LogP contribution in [0.4, 0.5) is 11.4 Å². The van der Waals surface area contributed by atoms with Crippen molar-refractivity contribution in [1.82, 2.24) is 0 Å². The summed E-state index contributed by atoms with van der Waals surface area (Å²) < 4.78 is 0. The van der Waals surface area contributed by atoms with Crippen molar-refractivity contribution in [2.24, 2.45) is 10.2 Å². The molecule has 0 bridgehead atoms. The third-order valence-electron chi connectivity index (χ3n) is 1.40. The Balaban J connectivity index is 3.27. The Morgan fingerprint density at radius 2 is 2.08 bits per heavy atom. The minimum Gasteiger partial charge on any atom is -0.298 e. The van der Waals surface area contributed by atoms with Gasteiger partial charge >= 0.3 is 0 Å². The minimum atomic E-state index is 0.190. The Bertz CT molecular complexity index is 334. The van der Waals surface area contributed by atoms with Gasteiger partial charge in [-0.3, -0.25) is 9.79 Å². The van der Waals surface area contributed by atoms with Crippen molar-refractivity contribution in [3.63, 3.8) is 0 Å². The smallest absolute Gasteiger partial charge is 0.150 e. The molecular formula is C8H6N2O2. The SMILES string of the molecule is C=Nc1cc(C=O)ccc1N=O. The van der Waals surface area contributed by atoms with Gasteiger partial charge in [-0.25, -0.2) is 0 Å². The first-order valence-corrected chi connectivity index (χ1v) is 3.21. The molecule has 0 unspecified atom stereocenters. The fourth-order valence-corrected chi connectivity index (χ4v) is 0.818. The topological polar surface area (TPSA) is 58.9 Å². The molecule has 0 fully saturated rings. The van der Waals surface area contributed by atoms with Crippen LogP contribution in [0.3, 0.4) is 0 Å². The monoisotopic (exact) mass is 162 g/mol. The number of nitrogens with zero attached hydrogens (tertiary/aromatic N) is 2. The van der Waals surface area contributed by atoms with E-state index in [0.717, 1.165) is 0 Å². The van der Waals surface area contributed by atoms with Crippen LogP contribution in [0.25, 0.3) is 0 Å². The van der Waals surface area contributed by atoms with E-state index in [1.54, 1.807) is 0 Å². The first-order valence-electron chi connectivity index (χ1n) is 3.21. The summed E-state index contributed by atoms with van der Waals surface area (Å²) in [6.07, 6.45) is 0.670. The van der Waals surface area contributed by atoms with E-state index in [1.807, 2.05) is 0 Å². The van der Waals surface area contributed by atoms with E-state index in [1.165, 1.54) is 18.2 Å². The number of aliphatic imine (C=N–C) groups is 1. The zero-order valence-corrected chi connectivity index (χ0v) is 6.23. The Kier molecular flexibility index (Phi) is 2.42. The van der Waals surface area contributed by atoms with E-state index in [-0.39, 0.29) is 5.69 Å². The largest absolute Gasteiger partial charge is 0.298 e. The van der Waals surface area contributed by atoms with Crippen LogP contribution >= 0.6 is 0 Å². The highest BCUT2D eigenvalue weighted by Crippen LogP contribution is 2.27. The van der Waals surface area contributed by atoms with Gasteiger partial charge in [0, 0.05) is 5.56 Å². The van der Waals surface area contributed by atoms with Gasteiger partial charge in [-0.1, -0.05) is 0 Å². The highest BCUT2D eigenvalue weighted by atomic mass is 16.3. The molecular weight excluding hydrogens is 156 g/mol. The van der Waals surface area contributed by atoms with E-state index in [9.17, 15) is 9.70 Å². The molecule has 0 aliphatic carbocycles. The number of aldehydes is 1. The molecule has 0 amide bonds. The molecule has 0 aliphatic rings. The average molecular weight is 162 g/mol. The Morgan fingerprint density at radius 1 is 1.33 bits per heavy atom. The Labute approximate surface area is 68.9 Å². The number of nitroso groups, excluding NO2 is 1. The lowest BCUT2D eigenvalue weighted by Gasteiger charge is -1.96. The maximum atomic E-state index is 10.3. The summed E-state index contributed by atoms with van der Waals surface area (Å²) in [5.74, 6) is 0. The van der Waals surface area contributed by atoms with Crippen molar-refractivity contribution in [2.75, 3.05) is 0 Å². The molecule has 0 atom stereocenters. The van der Waals surface area contributed by atoms with Crippen LogP contribution in [-0.4, -0.2) is 13.0 Å². The molecule has 0 radical (unpaired) electrons. The average Bonchev–Trinajstić information content (AvgIpc) is 2.16. The van der Waals surface area contributed by atoms with Gasteiger partial charge in [-0.15, -0.1) is 4.91 Å². The van der Waals surface area contributed by atoms with Crippen LogP contribution < -0.4 is 0 Å². The molecule has 1 aromatic carbocycles. The molecule has 4 nitrogen and oxygen atoms in total. The van der Waals surface area contributed by atoms with Gasteiger partial charge in [0.25, 0.3) is 0 Å². The third kappa shape index (κ3) is 1.42. The first kappa shape index (κ1) is 8.26. The van der Waals surface area contributed by atoms with Crippen molar-refractivity contribution in [1.29, 1.82) is 0 Å². The maximum Gasteiger partial charge on any atom is 0.150 e. The van der Waals surface area contributed by atoms with Crippen LogP contribution in [-0.2, 0) is 0 Å². The fraction of sp³-hybridized carbons (Fsp3) is 0. The molecule has 1 rings (SSSR count). The van der Waals surface area contributed by atoms with E-state index in [0.29, 0.717) is 17.5 Å². The van der Waals surface area contributed by atoms with Gasteiger partial charge < -0.3 is 0 Å². The second kappa shape index (κ2) is 3.52. The van der Waals surface area contributed by atoms with Gasteiger partial charge in [0.1, 0.15) is 12.0 Å². The predicted molar refractivity (Wildman–Crippen MR) is 46.5 cm³/mol. The summed E-state index contributed by atoms with van der Waals surface area (Å²) in [7, 11) is 0. The third-order valence-corrected chi connectivity index (χ3v) is 1.40. The number of carbonyl (C=O) groups excluding carboxylic acids is 1. The minimum absolute atomic E-state index is 0.190. The van der Waals surface area contributed by atoms with E-state index in [2.05, 4.69) is 16.9 Å². The quantitative estimate of drug-likeness (QED) is 0.388. The van der Waals surface area contributed by atoms with E-state index in [4.69, 9.17) is 0 Å². The fourth-order valence-electron chi connectivity index (χ4n) is 0.818. The molecule has 1 aromatic rings. The molecule has 0 saturated heterocycles. The second-order valence-corrected chi connectivity index (χ2v) is 2.12. The molecule has 4 heteroatoms. The highest BCUT2D eigenvalue weighted by Gasteiger charge is 2.00. The zero-order valence-electron chi connectivity index (χ0n) is 6.23. The van der Waals surface area contributed by atoms with Crippen molar-refractivity contribution in [3.8, 4) is 0 Å². The summed E-state index contributed by atoms with van der Waals surface area (Å²) in [5, 5.41) is 2.72. The summed E-state index contributed by atoms with van der Waals surface area (Å²) in [5.41, 5.74) is 0.968. The molecule has 0 saturated carbocycles. The highest BCUT2D eigenvalue weighted by molar-refractivity contribution is 5.80. The van der Waals surface area contributed by atoms with Crippen LogP contribution in [0.5, 0.6) is 0 Å². The molecule has 0 N–H and O–H groups in total. The summed E-state index contributed by atoms with van der Waals surface area (Å²) >= 11 is 0. The first-order chi connectivity index (χ1) is 5.81. The maximum absolute atomic E-state index is 10.3. The molecule has 12 heavy (non-hydrogen) atoms. The van der Waals surface area contributed by atoms with Crippen LogP contribution in [0.15, 0.2) is 28.4 Å². The molecule has 0 spiro atoms. The lowest BCUT2D eigenvalue weighted by Crippen LogP contribution is -1.77. The number of carbonyl (C=O) groups is 1. The van der Waals surface area contributed by atoms with Gasteiger partial charge in [0.2, 0.25) is 0 Å². The standard InChI is InChI=1S/C8H6N2O2/c1-9-8-4-6(5-11)2-3-7(8)10-12/h2-5H,1H2. The van der Waals surface area contributed by atoms with Gasteiger partial charge in [0.05, 0.1) is 5.69 Å². The van der Waals surface area contributed by atoms with Crippen molar-refractivity contribution < 1.29 is 4.79 Å². The lowest BCUT2D eigenvalue weighted by molar-refractivity contribution is 0.112. The Morgan fingerprint density at radius 3 is 2.58 bits per heavy atom. The van der Waals surface area contributed by atoms with Crippen molar-refractivity contribution in [3.05, 3.63) is 28.7 Å². The van der Waals surface area contributed by atoms with Crippen LogP contribution in [0.1, 0.15) is 10.4 Å². The summed E-state index contributed by atoms with van der Waals surface area (Å²) in [4.78, 5) is 24.0. The number of benzene rings is 1. The number of rotatable bonds is 3. The number of hydrogen-bond acceptors (Lipinski definition) is 4.